The molecule has 1 aliphatic rings. The topological polar surface area (TPSA) is 55.6 Å². The fourth-order valence-electron chi connectivity index (χ4n) is 2.65. The standard InChI is InChI=1S/C14H15N5S/c1-2-6-19-13(3-1)17-18-14(19)8-15-10-4-5-11-12(7-10)20-9-16-11/h4-5,7,9,15H,1-3,6,8H2. The lowest BCUT2D eigenvalue weighted by atomic mass is 10.2. The van der Waals surface area contributed by atoms with E-state index < -0.39 is 0 Å². The maximum atomic E-state index is 4.31. The molecule has 3 heterocycles. The van der Waals surface area contributed by atoms with Gasteiger partial charge in [-0.1, -0.05) is 0 Å². The molecule has 1 aromatic carbocycles. The van der Waals surface area contributed by atoms with Crippen LogP contribution in [0.25, 0.3) is 10.2 Å². The molecule has 0 unspecified atom stereocenters. The zero-order chi connectivity index (χ0) is 13.4. The van der Waals surface area contributed by atoms with Crippen LogP contribution in [0.4, 0.5) is 5.69 Å². The van der Waals surface area contributed by atoms with Crippen molar-refractivity contribution in [2.45, 2.75) is 32.4 Å². The molecular formula is C14H15N5S. The van der Waals surface area contributed by atoms with Crippen molar-refractivity contribution in [1.29, 1.82) is 0 Å². The summed E-state index contributed by atoms with van der Waals surface area (Å²) in [6.07, 6.45) is 3.51. The van der Waals surface area contributed by atoms with Crippen molar-refractivity contribution in [2.75, 3.05) is 5.32 Å². The third-order valence-corrected chi connectivity index (χ3v) is 4.51. The highest BCUT2D eigenvalue weighted by Gasteiger charge is 2.15. The number of nitrogens with zero attached hydrogens (tertiary/aromatic N) is 4. The molecule has 102 valence electrons. The Bertz CT molecular complexity index is 745. The predicted molar refractivity (Wildman–Crippen MR) is 79.9 cm³/mol. The molecule has 5 nitrogen and oxygen atoms in total. The zero-order valence-corrected chi connectivity index (χ0v) is 11.9. The quantitative estimate of drug-likeness (QED) is 0.804. The van der Waals surface area contributed by atoms with E-state index in [9.17, 15) is 0 Å². The SMILES string of the molecule is c1nc2ccc(NCc3nnc4n3CCCC4)cc2s1. The Morgan fingerprint density at radius 1 is 1.25 bits per heavy atom. The van der Waals surface area contributed by atoms with Crippen LogP contribution < -0.4 is 5.32 Å². The van der Waals surface area contributed by atoms with Gasteiger partial charge in [-0.25, -0.2) is 4.98 Å². The van der Waals surface area contributed by atoms with E-state index in [1.807, 2.05) is 11.6 Å². The Morgan fingerprint density at radius 3 is 3.25 bits per heavy atom. The van der Waals surface area contributed by atoms with Gasteiger partial charge in [-0.05, 0) is 31.0 Å². The van der Waals surface area contributed by atoms with Crippen LogP contribution in [-0.2, 0) is 19.5 Å². The number of hydrogen-bond acceptors (Lipinski definition) is 5. The number of hydrogen-bond donors (Lipinski definition) is 1. The molecule has 3 aromatic rings. The number of nitrogens with one attached hydrogen (secondary N) is 1. The van der Waals surface area contributed by atoms with Crippen LogP contribution in [0.5, 0.6) is 0 Å². The maximum Gasteiger partial charge on any atom is 0.152 e. The van der Waals surface area contributed by atoms with Gasteiger partial charge in [0.05, 0.1) is 22.3 Å². The van der Waals surface area contributed by atoms with Crippen molar-refractivity contribution in [1.82, 2.24) is 19.7 Å². The normalized spacial score (nSPS) is 14.4. The van der Waals surface area contributed by atoms with E-state index >= 15 is 0 Å². The van der Waals surface area contributed by atoms with Gasteiger partial charge < -0.3 is 9.88 Å². The van der Waals surface area contributed by atoms with Crippen LogP contribution in [0.3, 0.4) is 0 Å². The van der Waals surface area contributed by atoms with E-state index in [-0.39, 0.29) is 0 Å². The smallest absolute Gasteiger partial charge is 0.152 e. The maximum absolute atomic E-state index is 4.31. The van der Waals surface area contributed by atoms with E-state index in [1.54, 1.807) is 11.3 Å². The largest absolute Gasteiger partial charge is 0.378 e. The van der Waals surface area contributed by atoms with E-state index in [1.165, 1.54) is 17.5 Å². The van der Waals surface area contributed by atoms with Crippen LogP contribution in [0.2, 0.25) is 0 Å². The van der Waals surface area contributed by atoms with Gasteiger partial charge in [-0.15, -0.1) is 21.5 Å². The Kier molecular flexibility index (Phi) is 2.88. The molecule has 1 aliphatic heterocycles. The van der Waals surface area contributed by atoms with Crippen LogP contribution >= 0.6 is 11.3 Å². The molecule has 4 rings (SSSR count). The Balaban J connectivity index is 1.53. The first-order chi connectivity index (χ1) is 9.90. The van der Waals surface area contributed by atoms with E-state index in [0.717, 1.165) is 42.4 Å². The average Bonchev–Trinajstić information content (AvgIpc) is 3.11. The highest BCUT2D eigenvalue weighted by Crippen LogP contribution is 2.22. The molecule has 0 atom stereocenters. The van der Waals surface area contributed by atoms with Crippen molar-refractivity contribution in [2.24, 2.45) is 0 Å². The van der Waals surface area contributed by atoms with Gasteiger partial charge in [-0.3, -0.25) is 0 Å². The Labute approximate surface area is 120 Å². The Morgan fingerprint density at radius 2 is 2.25 bits per heavy atom. The minimum atomic E-state index is 0.720. The third-order valence-electron chi connectivity index (χ3n) is 3.72. The van der Waals surface area contributed by atoms with E-state index in [2.05, 4.69) is 37.2 Å². The lowest BCUT2D eigenvalue weighted by Gasteiger charge is -2.15. The average molecular weight is 285 g/mol. The van der Waals surface area contributed by atoms with Gasteiger partial charge in [-0.2, -0.15) is 0 Å². The molecule has 0 saturated heterocycles. The number of thiazole rings is 1. The van der Waals surface area contributed by atoms with Crippen LogP contribution in [-0.4, -0.2) is 19.7 Å². The minimum absolute atomic E-state index is 0.720. The van der Waals surface area contributed by atoms with Gasteiger partial charge in [0.15, 0.2) is 5.82 Å². The fraction of sp³-hybridized carbons (Fsp3) is 0.357. The van der Waals surface area contributed by atoms with Crippen molar-refractivity contribution >= 4 is 27.2 Å². The van der Waals surface area contributed by atoms with E-state index in [0.29, 0.717) is 0 Å². The third kappa shape index (κ3) is 2.06. The summed E-state index contributed by atoms with van der Waals surface area (Å²) >= 11 is 1.66. The molecule has 0 spiro atoms. The number of fused-ring (bicyclic) bond motifs is 2. The molecule has 20 heavy (non-hydrogen) atoms. The van der Waals surface area contributed by atoms with Crippen molar-refractivity contribution in [3.05, 3.63) is 35.4 Å². The molecule has 2 aromatic heterocycles. The summed E-state index contributed by atoms with van der Waals surface area (Å²) < 4.78 is 3.46. The van der Waals surface area contributed by atoms with E-state index in [4.69, 9.17) is 0 Å². The summed E-state index contributed by atoms with van der Waals surface area (Å²) in [5.74, 6) is 2.16. The summed E-state index contributed by atoms with van der Waals surface area (Å²) in [7, 11) is 0. The second-order valence-corrected chi connectivity index (χ2v) is 5.92. The molecular weight excluding hydrogens is 270 g/mol. The molecule has 0 amide bonds. The molecule has 0 bridgehead atoms. The second kappa shape index (κ2) is 4.86. The van der Waals surface area contributed by atoms with Crippen molar-refractivity contribution in [3.63, 3.8) is 0 Å². The van der Waals surface area contributed by atoms with Gasteiger partial charge in [0, 0.05) is 18.7 Å². The summed E-state index contributed by atoms with van der Waals surface area (Å²) in [6.45, 7) is 1.77. The Hall–Kier alpha value is -1.95. The molecule has 0 saturated carbocycles. The fourth-order valence-corrected chi connectivity index (χ4v) is 3.36. The minimum Gasteiger partial charge on any atom is -0.378 e. The monoisotopic (exact) mass is 285 g/mol. The number of aryl methyl sites for hydroxylation is 1. The number of aromatic nitrogens is 4. The lowest BCUT2D eigenvalue weighted by Crippen LogP contribution is -2.15. The first kappa shape index (κ1) is 11.8. The van der Waals surface area contributed by atoms with Gasteiger partial charge in [0.25, 0.3) is 0 Å². The second-order valence-electron chi connectivity index (χ2n) is 5.03. The summed E-state index contributed by atoms with van der Waals surface area (Å²) in [5.41, 5.74) is 4.04. The summed E-state index contributed by atoms with van der Waals surface area (Å²) in [5, 5.41) is 12.0. The van der Waals surface area contributed by atoms with Gasteiger partial charge >= 0.3 is 0 Å². The molecule has 1 N–H and O–H groups in total. The summed E-state index contributed by atoms with van der Waals surface area (Å²) in [6, 6.07) is 6.25. The van der Waals surface area contributed by atoms with Gasteiger partial charge in [0.1, 0.15) is 5.82 Å². The first-order valence-corrected chi connectivity index (χ1v) is 7.76. The molecule has 0 fully saturated rings. The van der Waals surface area contributed by atoms with Crippen LogP contribution in [0.1, 0.15) is 24.5 Å². The lowest BCUT2D eigenvalue weighted by molar-refractivity contribution is 0.510. The summed E-state index contributed by atoms with van der Waals surface area (Å²) in [4.78, 5) is 4.29. The first-order valence-electron chi connectivity index (χ1n) is 6.88. The van der Waals surface area contributed by atoms with Crippen LogP contribution in [0, 0.1) is 0 Å². The number of benzene rings is 1. The van der Waals surface area contributed by atoms with Crippen molar-refractivity contribution in [3.8, 4) is 0 Å². The highest BCUT2D eigenvalue weighted by molar-refractivity contribution is 7.16. The molecule has 6 heteroatoms. The van der Waals surface area contributed by atoms with Crippen LogP contribution in [0.15, 0.2) is 23.7 Å². The molecule has 0 radical (unpaired) electrons. The molecule has 0 aliphatic carbocycles. The number of anilines is 1. The predicted octanol–water partition coefficient (Wildman–Crippen LogP) is 2.84. The van der Waals surface area contributed by atoms with Gasteiger partial charge in [0.2, 0.25) is 0 Å². The number of rotatable bonds is 3. The van der Waals surface area contributed by atoms with Crippen molar-refractivity contribution < 1.29 is 0 Å². The highest BCUT2D eigenvalue weighted by atomic mass is 32.1. The zero-order valence-electron chi connectivity index (χ0n) is 11.0.